The molecule has 1 spiro atoms. The zero-order valence-corrected chi connectivity index (χ0v) is 19.9. The van der Waals surface area contributed by atoms with Crippen LogP contribution in [0.25, 0.3) is 11.0 Å². The predicted molar refractivity (Wildman–Crippen MR) is 125 cm³/mol. The molecule has 3 aliphatic heterocycles. The van der Waals surface area contributed by atoms with Crippen molar-refractivity contribution in [2.24, 2.45) is 11.8 Å². The number of para-hydroxylation sites is 1. The highest BCUT2D eigenvalue weighted by Crippen LogP contribution is 2.58. The van der Waals surface area contributed by atoms with Gasteiger partial charge in [0, 0.05) is 20.2 Å². The van der Waals surface area contributed by atoms with Gasteiger partial charge in [-0.25, -0.2) is 4.68 Å². The van der Waals surface area contributed by atoms with Crippen molar-refractivity contribution >= 4 is 28.8 Å². The molecule has 0 radical (unpaired) electrons. The predicted octanol–water partition coefficient (Wildman–Crippen LogP) is 0.178. The van der Waals surface area contributed by atoms with Gasteiger partial charge in [0.2, 0.25) is 17.7 Å². The van der Waals surface area contributed by atoms with Crippen LogP contribution in [0.1, 0.15) is 38.5 Å². The Hall–Kier alpha value is -3.05. The van der Waals surface area contributed by atoms with Crippen molar-refractivity contribution in [1.29, 1.82) is 0 Å². The first kappa shape index (κ1) is 23.7. The first-order valence-corrected chi connectivity index (χ1v) is 12.4. The Morgan fingerprint density at radius 1 is 1.20 bits per heavy atom. The van der Waals surface area contributed by atoms with Crippen LogP contribution in [0.3, 0.4) is 0 Å². The van der Waals surface area contributed by atoms with Crippen LogP contribution in [-0.2, 0) is 25.8 Å². The molecule has 2 unspecified atom stereocenters. The molecule has 1 aromatic carbocycles. The molecule has 3 amide bonds. The van der Waals surface area contributed by atoms with Gasteiger partial charge in [-0.1, -0.05) is 30.2 Å². The number of aliphatic hydroxyl groups is 1. The number of amides is 3. The summed E-state index contributed by atoms with van der Waals surface area (Å²) >= 11 is 0. The number of nitrogens with one attached hydrogen (secondary N) is 2. The van der Waals surface area contributed by atoms with Crippen LogP contribution in [0.5, 0.6) is 0 Å². The highest BCUT2D eigenvalue weighted by Gasteiger charge is 2.74. The molecule has 0 aliphatic carbocycles. The number of rotatable bonds is 10. The lowest BCUT2D eigenvalue weighted by atomic mass is 9.70. The Balaban J connectivity index is 1.38. The van der Waals surface area contributed by atoms with Gasteiger partial charge in [-0.3, -0.25) is 14.4 Å². The van der Waals surface area contributed by atoms with E-state index in [2.05, 4.69) is 20.9 Å². The Morgan fingerprint density at radius 3 is 2.80 bits per heavy atom. The maximum Gasteiger partial charge on any atom is 0.247 e. The molecular weight excluding hydrogens is 452 g/mol. The fourth-order valence-electron chi connectivity index (χ4n) is 6.19. The molecule has 11 nitrogen and oxygen atoms in total. The van der Waals surface area contributed by atoms with Gasteiger partial charge in [0.05, 0.1) is 23.5 Å². The van der Waals surface area contributed by atoms with E-state index in [1.807, 2.05) is 24.3 Å². The second kappa shape index (κ2) is 9.54. The van der Waals surface area contributed by atoms with Gasteiger partial charge in [-0.15, -0.1) is 5.10 Å². The average molecular weight is 485 g/mol. The van der Waals surface area contributed by atoms with E-state index >= 15 is 0 Å². The maximum absolute atomic E-state index is 13.7. The van der Waals surface area contributed by atoms with E-state index in [1.54, 1.807) is 16.6 Å². The van der Waals surface area contributed by atoms with Crippen LogP contribution in [0.15, 0.2) is 24.3 Å². The molecular formula is C24H32N6O5. The molecule has 188 valence electrons. The number of likely N-dealkylation sites (tertiary alicyclic amines) is 1. The van der Waals surface area contributed by atoms with Crippen molar-refractivity contribution in [3.05, 3.63) is 24.3 Å². The van der Waals surface area contributed by atoms with Crippen molar-refractivity contribution in [3.8, 4) is 0 Å². The summed E-state index contributed by atoms with van der Waals surface area (Å²) in [6.07, 6.45) is 3.95. The molecule has 2 aromatic rings. The van der Waals surface area contributed by atoms with E-state index in [1.165, 1.54) is 0 Å². The van der Waals surface area contributed by atoms with Crippen molar-refractivity contribution < 1.29 is 24.2 Å². The SMILES string of the molecule is CNC(=O)[C@@H]1[C@H]2C(=O)N(CCCCCCO)C(C(=O)NCn3nnc4ccccc43)C23CC[C@H]1O3. The molecule has 3 N–H and O–H groups in total. The number of unbranched alkanes of at least 4 members (excludes halogenated alkanes) is 3. The number of carbonyl (C=O) groups is 3. The number of aromatic nitrogens is 3. The van der Waals surface area contributed by atoms with E-state index in [9.17, 15) is 14.4 Å². The summed E-state index contributed by atoms with van der Waals surface area (Å²) < 4.78 is 7.96. The molecule has 5 rings (SSSR count). The van der Waals surface area contributed by atoms with Crippen molar-refractivity contribution in [2.75, 3.05) is 20.2 Å². The fraction of sp³-hybridized carbons (Fsp3) is 0.625. The Bertz CT molecular complexity index is 1120. The molecule has 0 saturated carbocycles. The number of ether oxygens (including phenoxy) is 1. The zero-order chi connectivity index (χ0) is 24.6. The normalized spacial score (nSPS) is 29.1. The smallest absolute Gasteiger partial charge is 0.247 e. The van der Waals surface area contributed by atoms with Crippen molar-refractivity contribution in [2.45, 2.75) is 62.9 Å². The monoisotopic (exact) mass is 484 g/mol. The lowest BCUT2D eigenvalue weighted by molar-refractivity contribution is -0.142. The molecule has 3 saturated heterocycles. The van der Waals surface area contributed by atoms with Crippen LogP contribution < -0.4 is 10.6 Å². The van der Waals surface area contributed by atoms with E-state index in [0.717, 1.165) is 23.9 Å². The number of nitrogens with zero attached hydrogens (tertiary/aromatic N) is 4. The second-order valence-electron chi connectivity index (χ2n) is 9.62. The Kier molecular flexibility index (Phi) is 6.45. The van der Waals surface area contributed by atoms with Crippen LogP contribution in [0.4, 0.5) is 0 Å². The van der Waals surface area contributed by atoms with Gasteiger partial charge in [-0.2, -0.15) is 0 Å². The van der Waals surface area contributed by atoms with Crippen LogP contribution in [0, 0.1) is 11.8 Å². The third-order valence-electron chi connectivity index (χ3n) is 7.73. The van der Waals surface area contributed by atoms with Gasteiger partial charge >= 0.3 is 0 Å². The third kappa shape index (κ3) is 3.86. The highest BCUT2D eigenvalue weighted by atomic mass is 16.5. The summed E-state index contributed by atoms with van der Waals surface area (Å²) in [5, 5.41) is 22.9. The molecule has 4 heterocycles. The molecule has 1 aromatic heterocycles. The minimum atomic E-state index is -1.00. The second-order valence-corrected chi connectivity index (χ2v) is 9.62. The number of hydrogen-bond donors (Lipinski definition) is 3. The van der Waals surface area contributed by atoms with E-state index in [4.69, 9.17) is 9.84 Å². The lowest BCUT2D eigenvalue weighted by Gasteiger charge is -2.33. The first-order valence-electron chi connectivity index (χ1n) is 12.4. The summed E-state index contributed by atoms with van der Waals surface area (Å²) in [7, 11) is 1.56. The molecule has 35 heavy (non-hydrogen) atoms. The number of hydrogen-bond acceptors (Lipinski definition) is 7. The minimum Gasteiger partial charge on any atom is -0.396 e. The zero-order valence-electron chi connectivity index (χ0n) is 19.9. The van der Waals surface area contributed by atoms with Crippen LogP contribution >= 0.6 is 0 Å². The summed E-state index contributed by atoms with van der Waals surface area (Å²) in [5.74, 6) is -1.96. The number of aliphatic hydroxyl groups excluding tert-OH is 1. The highest BCUT2D eigenvalue weighted by molar-refractivity contribution is 5.98. The molecule has 2 bridgehead atoms. The standard InChI is InChI=1S/C24H32N6O5/c1-25-21(32)18-17-10-11-24(35-17)19(18)23(34)29(12-6-2-3-7-13-31)20(24)22(33)26-14-30-16-9-5-4-8-15(16)27-28-30/h4-5,8-9,17-20,31H,2-3,6-7,10-14H2,1H3,(H,25,32)(H,26,33)/t17-,18+,19+,20?,24?/m1/s1. The maximum atomic E-state index is 13.7. The average Bonchev–Trinajstić information content (AvgIpc) is 3.61. The van der Waals surface area contributed by atoms with Gasteiger partial charge in [0.25, 0.3) is 0 Å². The van der Waals surface area contributed by atoms with Crippen molar-refractivity contribution in [3.63, 3.8) is 0 Å². The number of fused-ring (bicyclic) bond motifs is 2. The molecule has 3 aliphatic rings. The molecule has 11 heteroatoms. The minimum absolute atomic E-state index is 0.109. The largest absolute Gasteiger partial charge is 0.396 e. The summed E-state index contributed by atoms with van der Waals surface area (Å²) in [6.45, 7) is 0.650. The van der Waals surface area contributed by atoms with Gasteiger partial charge in [-0.05, 0) is 37.8 Å². The fourth-order valence-corrected chi connectivity index (χ4v) is 6.19. The van der Waals surface area contributed by atoms with E-state index in [0.29, 0.717) is 32.2 Å². The topological polar surface area (TPSA) is 139 Å². The van der Waals surface area contributed by atoms with Crippen LogP contribution in [-0.4, -0.2) is 80.7 Å². The third-order valence-corrected chi connectivity index (χ3v) is 7.73. The van der Waals surface area contributed by atoms with E-state index < -0.39 is 23.5 Å². The summed E-state index contributed by atoms with van der Waals surface area (Å²) in [5.41, 5.74) is 0.524. The van der Waals surface area contributed by atoms with Gasteiger partial charge in [0.1, 0.15) is 23.8 Å². The summed E-state index contributed by atoms with van der Waals surface area (Å²) in [4.78, 5) is 41.6. The Labute approximate surface area is 203 Å². The van der Waals surface area contributed by atoms with Gasteiger partial charge < -0.3 is 25.4 Å². The molecule has 5 atom stereocenters. The number of carbonyl (C=O) groups excluding carboxylic acids is 3. The Morgan fingerprint density at radius 2 is 2.00 bits per heavy atom. The van der Waals surface area contributed by atoms with E-state index in [-0.39, 0.29) is 37.1 Å². The first-order chi connectivity index (χ1) is 17.0. The van der Waals surface area contributed by atoms with Crippen molar-refractivity contribution in [1.82, 2.24) is 30.5 Å². The van der Waals surface area contributed by atoms with Crippen LogP contribution in [0.2, 0.25) is 0 Å². The molecule has 3 fully saturated rings. The lowest BCUT2D eigenvalue weighted by Crippen LogP contribution is -2.55. The van der Waals surface area contributed by atoms with Gasteiger partial charge in [0.15, 0.2) is 0 Å². The number of benzene rings is 1. The summed E-state index contributed by atoms with van der Waals surface area (Å²) in [6, 6.07) is 6.67. The quantitative estimate of drug-likeness (QED) is 0.409.